The molecule has 2 N–H and O–H groups in total. The van der Waals surface area contributed by atoms with Crippen LogP contribution in [-0.2, 0) is 9.53 Å². The Hall–Kier alpha value is -1.88. The first-order valence-corrected chi connectivity index (χ1v) is 8.99. The van der Waals surface area contributed by atoms with Crippen LogP contribution >= 0.6 is 0 Å². The lowest BCUT2D eigenvalue weighted by atomic mass is 9.97. The summed E-state index contributed by atoms with van der Waals surface area (Å²) in [7, 11) is 0. The lowest BCUT2D eigenvalue weighted by Gasteiger charge is -2.20. The van der Waals surface area contributed by atoms with Gasteiger partial charge in [-0.2, -0.15) is 0 Å². The summed E-state index contributed by atoms with van der Waals surface area (Å²) in [6, 6.07) is 7.22. The van der Waals surface area contributed by atoms with Gasteiger partial charge in [-0.3, -0.25) is 4.79 Å². The van der Waals surface area contributed by atoms with Gasteiger partial charge in [0.1, 0.15) is 0 Å². The summed E-state index contributed by atoms with van der Waals surface area (Å²) in [5, 5.41) is 6.22. The van der Waals surface area contributed by atoms with Crippen molar-refractivity contribution < 1.29 is 14.3 Å². The minimum Gasteiger partial charge on any atom is -0.462 e. The summed E-state index contributed by atoms with van der Waals surface area (Å²) >= 11 is 0. The Bertz CT molecular complexity index is 520. The van der Waals surface area contributed by atoms with Crippen LogP contribution < -0.4 is 10.6 Å². The Kier molecular flexibility index (Phi) is 7.75. The summed E-state index contributed by atoms with van der Waals surface area (Å²) in [5.41, 5.74) is 1.18. The standard InChI is InChI=1S/C19H28N2O3/c1-2-24-19(23)15-10-12-17(13-11-15)21-18(22)14-20-16-8-6-4-3-5-7-9-16/h10-13,16,20H,2-9,14H2,1H3,(H,21,22). The second-order valence-corrected chi connectivity index (χ2v) is 6.27. The van der Waals surface area contributed by atoms with Gasteiger partial charge in [-0.1, -0.05) is 32.1 Å². The van der Waals surface area contributed by atoms with Crippen LogP contribution in [0.15, 0.2) is 24.3 Å². The van der Waals surface area contributed by atoms with Crippen molar-refractivity contribution in [3.05, 3.63) is 29.8 Å². The van der Waals surface area contributed by atoms with E-state index in [0.717, 1.165) is 12.8 Å². The molecule has 1 aliphatic rings. The minimum atomic E-state index is -0.346. The molecule has 0 spiro atoms. The SMILES string of the molecule is CCOC(=O)c1ccc(NC(=O)CNC2CCCCCCC2)cc1. The van der Waals surface area contributed by atoms with Gasteiger partial charge >= 0.3 is 5.97 Å². The molecule has 2 rings (SSSR count). The molecule has 0 aromatic heterocycles. The molecule has 0 bridgehead atoms. The van der Waals surface area contributed by atoms with Crippen LogP contribution in [0.1, 0.15) is 62.2 Å². The lowest BCUT2D eigenvalue weighted by molar-refractivity contribution is -0.115. The number of esters is 1. The van der Waals surface area contributed by atoms with Gasteiger partial charge in [0.25, 0.3) is 0 Å². The van der Waals surface area contributed by atoms with Crippen molar-refractivity contribution in [2.45, 2.75) is 57.9 Å². The molecule has 5 heteroatoms. The van der Waals surface area contributed by atoms with E-state index in [1.807, 2.05) is 0 Å². The van der Waals surface area contributed by atoms with E-state index in [1.165, 1.54) is 32.1 Å². The molecular formula is C19H28N2O3. The molecule has 0 aliphatic heterocycles. The zero-order chi connectivity index (χ0) is 17.2. The van der Waals surface area contributed by atoms with Crippen LogP contribution in [0, 0.1) is 0 Å². The number of amides is 1. The summed E-state index contributed by atoms with van der Waals surface area (Å²) in [5.74, 6) is -0.401. The summed E-state index contributed by atoms with van der Waals surface area (Å²) in [4.78, 5) is 23.7. The van der Waals surface area contributed by atoms with Crippen molar-refractivity contribution in [2.24, 2.45) is 0 Å². The van der Waals surface area contributed by atoms with E-state index in [-0.39, 0.29) is 11.9 Å². The van der Waals surface area contributed by atoms with Gasteiger partial charge in [-0.15, -0.1) is 0 Å². The van der Waals surface area contributed by atoms with Crippen molar-refractivity contribution >= 4 is 17.6 Å². The first-order chi connectivity index (χ1) is 11.7. The molecule has 0 unspecified atom stereocenters. The average Bonchev–Trinajstić information content (AvgIpc) is 2.54. The Labute approximate surface area is 144 Å². The Morgan fingerprint density at radius 3 is 2.29 bits per heavy atom. The number of carbonyl (C=O) groups is 2. The Balaban J connectivity index is 1.76. The largest absolute Gasteiger partial charge is 0.462 e. The van der Waals surface area contributed by atoms with E-state index >= 15 is 0 Å². The zero-order valence-corrected chi connectivity index (χ0v) is 14.5. The second-order valence-electron chi connectivity index (χ2n) is 6.27. The van der Waals surface area contributed by atoms with E-state index in [2.05, 4.69) is 10.6 Å². The molecule has 1 aromatic carbocycles. The lowest BCUT2D eigenvalue weighted by Crippen LogP contribution is -2.36. The molecule has 0 radical (unpaired) electrons. The molecular weight excluding hydrogens is 304 g/mol. The first kappa shape index (κ1) is 18.5. The Morgan fingerprint density at radius 2 is 1.67 bits per heavy atom. The number of nitrogens with one attached hydrogen (secondary N) is 2. The third-order valence-electron chi connectivity index (χ3n) is 4.34. The minimum absolute atomic E-state index is 0.0547. The van der Waals surface area contributed by atoms with Gasteiger partial charge in [-0.05, 0) is 44.0 Å². The van der Waals surface area contributed by atoms with Crippen molar-refractivity contribution in [3.63, 3.8) is 0 Å². The molecule has 1 saturated carbocycles. The van der Waals surface area contributed by atoms with Crippen molar-refractivity contribution in [2.75, 3.05) is 18.5 Å². The molecule has 1 aromatic rings. The number of hydrogen-bond acceptors (Lipinski definition) is 4. The van der Waals surface area contributed by atoms with Crippen LogP contribution in [0.5, 0.6) is 0 Å². The smallest absolute Gasteiger partial charge is 0.338 e. The number of rotatable bonds is 6. The van der Waals surface area contributed by atoms with Crippen LogP contribution in [-0.4, -0.2) is 31.1 Å². The fourth-order valence-corrected chi connectivity index (χ4v) is 3.01. The van der Waals surface area contributed by atoms with Crippen LogP contribution in [0.25, 0.3) is 0 Å². The summed E-state index contributed by atoms with van der Waals surface area (Å²) in [6.45, 7) is 2.45. The highest BCUT2D eigenvalue weighted by Crippen LogP contribution is 2.17. The first-order valence-electron chi connectivity index (χ1n) is 8.99. The van der Waals surface area contributed by atoms with Crippen molar-refractivity contribution in [3.8, 4) is 0 Å². The quantitative estimate of drug-likeness (QED) is 0.782. The maximum absolute atomic E-state index is 12.1. The summed E-state index contributed by atoms with van der Waals surface area (Å²) < 4.78 is 4.94. The van der Waals surface area contributed by atoms with Gasteiger partial charge in [0, 0.05) is 11.7 Å². The predicted molar refractivity (Wildman–Crippen MR) is 95.1 cm³/mol. The van der Waals surface area contributed by atoms with Crippen molar-refractivity contribution in [1.82, 2.24) is 5.32 Å². The zero-order valence-electron chi connectivity index (χ0n) is 14.5. The average molecular weight is 332 g/mol. The molecule has 132 valence electrons. The predicted octanol–water partition coefficient (Wildman–Crippen LogP) is 3.50. The van der Waals surface area contributed by atoms with E-state index in [0.29, 0.717) is 30.4 Å². The van der Waals surface area contributed by atoms with E-state index in [9.17, 15) is 9.59 Å². The highest BCUT2D eigenvalue weighted by molar-refractivity contribution is 5.94. The molecule has 1 aliphatic carbocycles. The molecule has 0 atom stereocenters. The van der Waals surface area contributed by atoms with Gasteiger partial charge < -0.3 is 15.4 Å². The highest BCUT2D eigenvalue weighted by atomic mass is 16.5. The van der Waals surface area contributed by atoms with Gasteiger partial charge in [0.15, 0.2) is 0 Å². The van der Waals surface area contributed by atoms with Crippen molar-refractivity contribution in [1.29, 1.82) is 0 Å². The highest BCUT2D eigenvalue weighted by Gasteiger charge is 2.12. The third kappa shape index (κ3) is 6.32. The number of hydrogen-bond donors (Lipinski definition) is 2. The monoisotopic (exact) mass is 332 g/mol. The molecule has 0 saturated heterocycles. The van der Waals surface area contributed by atoms with Crippen LogP contribution in [0.3, 0.4) is 0 Å². The summed E-state index contributed by atoms with van der Waals surface area (Å²) in [6.07, 6.45) is 8.75. The molecule has 24 heavy (non-hydrogen) atoms. The fraction of sp³-hybridized carbons (Fsp3) is 0.579. The molecule has 5 nitrogen and oxygen atoms in total. The maximum atomic E-state index is 12.1. The third-order valence-corrected chi connectivity index (χ3v) is 4.34. The number of carbonyl (C=O) groups excluding carboxylic acids is 2. The Morgan fingerprint density at radius 1 is 1.04 bits per heavy atom. The second kappa shape index (κ2) is 10.1. The topological polar surface area (TPSA) is 67.4 Å². The van der Waals surface area contributed by atoms with Gasteiger partial charge in [-0.25, -0.2) is 4.79 Å². The number of ether oxygens (including phenoxy) is 1. The molecule has 1 fully saturated rings. The normalized spacial score (nSPS) is 16.0. The van der Waals surface area contributed by atoms with E-state index in [1.54, 1.807) is 31.2 Å². The fourth-order valence-electron chi connectivity index (χ4n) is 3.01. The van der Waals surface area contributed by atoms with Gasteiger partial charge in [0.05, 0.1) is 18.7 Å². The number of benzene rings is 1. The van der Waals surface area contributed by atoms with Crippen LogP contribution in [0.4, 0.5) is 5.69 Å². The number of anilines is 1. The van der Waals surface area contributed by atoms with E-state index < -0.39 is 0 Å². The maximum Gasteiger partial charge on any atom is 0.338 e. The molecule has 0 heterocycles. The van der Waals surface area contributed by atoms with Gasteiger partial charge in [0.2, 0.25) is 5.91 Å². The molecule has 1 amide bonds. The van der Waals surface area contributed by atoms with E-state index in [4.69, 9.17) is 4.74 Å². The van der Waals surface area contributed by atoms with Crippen LogP contribution in [0.2, 0.25) is 0 Å².